The zero-order chi connectivity index (χ0) is 20.5. The Balaban J connectivity index is 1.72. The summed E-state index contributed by atoms with van der Waals surface area (Å²) in [6.07, 6.45) is 2.81. The van der Waals surface area contributed by atoms with E-state index in [9.17, 15) is 14.4 Å². The maximum Gasteiger partial charge on any atom is 0.251 e. The smallest absolute Gasteiger partial charge is 0.251 e. The standard InChI is InChI=1S/C22H24N2O3S/c1-15(25)17-6-8-19(9-7-17)22(27)23-14-4-5-21(26)24-20-12-10-18(11-13-20)16(2)28-3/h6-13H,2,4-5,14H2,1,3H3,(H,23,27)(H,24,26). The molecule has 5 nitrogen and oxygen atoms in total. The summed E-state index contributed by atoms with van der Waals surface area (Å²) in [5, 5.41) is 5.62. The third-order valence-corrected chi connectivity index (χ3v) is 4.89. The first-order valence-corrected chi connectivity index (χ1v) is 10.2. The number of benzene rings is 2. The number of carbonyl (C=O) groups is 3. The van der Waals surface area contributed by atoms with Gasteiger partial charge in [0.15, 0.2) is 5.78 Å². The molecule has 2 amide bonds. The fraction of sp³-hybridized carbons (Fsp3) is 0.227. The van der Waals surface area contributed by atoms with Crippen LogP contribution in [0.4, 0.5) is 5.69 Å². The van der Waals surface area contributed by atoms with Gasteiger partial charge in [-0.25, -0.2) is 0 Å². The van der Waals surface area contributed by atoms with Crippen LogP contribution in [0.25, 0.3) is 4.91 Å². The minimum atomic E-state index is -0.222. The van der Waals surface area contributed by atoms with Crippen LogP contribution >= 0.6 is 11.8 Å². The van der Waals surface area contributed by atoms with Gasteiger partial charge in [0.25, 0.3) is 5.91 Å². The van der Waals surface area contributed by atoms with Crippen molar-refractivity contribution in [2.45, 2.75) is 19.8 Å². The zero-order valence-electron chi connectivity index (χ0n) is 16.1. The molecule has 0 radical (unpaired) electrons. The number of thioether (sulfide) groups is 1. The van der Waals surface area contributed by atoms with Crippen molar-refractivity contribution in [1.82, 2.24) is 5.32 Å². The second-order valence-electron chi connectivity index (χ2n) is 6.25. The number of amides is 2. The van der Waals surface area contributed by atoms with Crippen molar-refractivity contribution < 1.29 is 14.4 Å². The highest BCUT2D eigenvalue weighted by atomic mass is 32.2. The van der Waals surface area contributed by atoms with Gasteiger partial charge in [-0.15, -0.1) is 11.8 Å². The van der Waals surface area contributed by atoms with E-state index in [0.717, 1.165) is 16.2 Å². The molecule has 0 fully saturated rings. The van der Waals surface area contributed by atoms with Crippen LogP contribution in [0.5, 0.6) is 0 Å². The van der Waals surface area contributed by atoms with E-state index in [4.69, 9.17) is 0 Å². The normalized spacial score (nSPS) is 10.2. The van der Waals surface area contributed by atoms with Crippen LogP contribution in [0.3, 0.4) is 0 Å². The fourth-order valence-corrected chi connectivity index (χ4v) is 2.86. The molecule has 0 bridgehead atoms. The summed E-state index contributed by atoms with van der Waals surface area (Å²) in [5.41, 5.74) is 2.82. The number of nitrogens with one attached hydrogen (secondary N) is 2. The van der Waals surface area contributed by atoms with Crippen LogP contribution in [0, 0.1) is 0 Å². The van der Waals surface area contributed by atoms with Gasteiger partial charge in [0.1, 0.15) is 0 Å². The first kappa shape index (κ1) is 21.4. The lowest BCUT2D eigenvalue weighted by Crippen LogP contribution is -2.25. The van der Waals surface area contributed by atoms with Crippen molar-refractivity contribution in [3.63, 3.8) is 0 Å². The van der Waals surface area contributed by atoms with E-state index in [-0.39, 0.29) is 17.6 Å². The third-order valence-electron chi connectivity index (χ3n) is 4.16. The number of ketones is 1. The minimum Gasteiger partial charge on any atom is -0.352 e. The van der Waals surface area contributed by atoms with Gasteiger partial charge in [0.2, 0.25) is 5.91 Å². The number of hydrogen-bond acceptors (Lipinski definition) is 4. The maximum absolute atomic E-state index is 12.1. The van der Waals surface area contributed by atoms with E-state index >= 15 is 0 Å². The lowest BCUT2D eigenvalue weighted by molar-refractivity contribution is -0.116. The predicted molar refractivity (Wildman–Crippen MR) is 116 cm³/mol. The molecule has 0 aliphatic carbocycles. The lowest BCUT2D eigenvalue weighted by atomic mass is 10.1. The molecule has 0 aromatic heterocycles. The van der Waals surface area contributed by atoms with Crippen LogP contribution in [0.1, 0.15) is 46.0 Å². The molecule has 2 rings (SSSR count). The predicted octanol–water partition coefficient (Wildman–Crippen LogP) is 4.37. The molecule has 0 spiro atoms. The highest BCUT2D eigenvalue weighted by Crippen LogP contribution is 2.23. The number of anilines is 1. The Labute approximate surface area is 169 Å². The van der Waals surface area contributed by atoms with Crippen LogP contribution in [0.2, 0.25) is 0 Å². The molecule has 0 aliphatic rings. The minimum absolute atomic E-state index is 0.0400. The molecular formula is C22H24N2O3S. The van der Waals surface area contributed by atoms with Crippen molar-refractivity contribution in [1.29, 1.82) is 0 Å². The molecule has 0 atom stereocenters. The van der Waals surface area contributed by atoms with Crippen molar-refractivity contribution in [2.75, 3.05) is 18.1 Å². The summed E-state index contributed by atoms with van der Waals surface area (Å²) in [4.78, 5) is 36.3. The second kappa shape index (κ2) is 10.5. The van der Waals surface area contributed by atoms with Gasteiger partial charge in [0.05, 0.1) is 0 Å². The van der Waals surface area contributed by atoms with Gasteiger partial charge in [-0.1, -0.05) is 30.8 Å². The molecule has 0 aliphatic heterocycles. The summed E-state index contributed by atoms with van der Waals surface area (Å²) in [7, 11) is 0. The second-order valence-corrected chi connectivity index (χ2v) is 7.15. The number of hydrogen-bond donors (Lipinski definition) is 2. The molecule has 2 aromatic rings. The highest BCUT2D eigenvalue weighted by molar-refractivity contribution is 8.07. The number of carbonyl (C=O) groups excluding carboxylic acids is 3. The van der Waals surface area contributed by atoms with E-state index in [2.05, 4.69) is 17.2 Å². The molecule has 0 heterocycles. The van der Waals surface area contributed by atoms with Crippen LogP contribution < -0.4 is 10.6 Å². The van der Waals surface area contributed by atoms with Gasteiger partial charge in [-0.3, -0.25) is 14.4 Å². The SMILES string of the molecule is C=C(SC)c1ccc(NC(=O)CCCNC(=O)c2ccc(C(C)=O)cc2)cc1. The first-order valence-electron chi connectivity index (χ1n) is 8.93. The average molecular weight is 397 g/mol. The van der Waals surface area contributed by atoms with E-state index in [0.29, 0.717) is 30.5 Å². The van der Waals surface area contributed by atoms with Gasteiger partial charge < -0.3 is 10.6 Å². The van der Waals surface area contributed by atoms with Crippen molar-refractivity contribution >= 4 is 40.0 Å². The van der Waals surface area contributed by atoms with Crippen molar-refractivity contribution in [3.8, 4) is 0 Å². The lowest BCUT2D eigenvalue weighted by Gasteiger charge is -2.08. The van der Waals surface area contributed by atoms with Gasteiger partial charge in [0, 0.05) is 34.7 Å². The van der Waals surface area contributed by atoms with Gasteiger partial charge in [-0.2, -0.15) is 0 Å². The fourth-order valence-electron chi connectivity index (χ4n) is 2.49. The molecule has 0 unspecified atom stereocenters. The topological polar surface area (TPSA) is 75.3 Å². The third kappa shape index (κ3) is 6.39. The molecule has 0 saturated carbocycles. The quantitative estimate of drug-likeness (QED) is 0.487. The molecule has 28 heavy (non-hydrogen) atoms. The average Bonchev–Trinajstić information content (AvgIpc) is 2.71. The first-order chi connectivity index (χ1) is 13.4. The summed E-state index contributed by atoms with van der Waals surface area (Å²) in [6, 6.07) is 14.0. The van der Waals surface area contributed by atoms with E-state index in [1.807, 2.05) is 30.5 Å². The van der Waals surface area contributed by atoms with E-state index in [1.54, 1.807) is 36.0 Å². The highest BCUT2D eigenvalue weighted by Gasteiger charge is 2.07. The Morgan fingerprint density at radius 2 is 1.50 bits per heavy atom. The summed E-state index contributed by atoms with van der Waals surface area (Å²) in [6.45, 7) is 5.84. The summed E-state index contributed by atoms with van der Waals surface area (Å²) < 4.78 is 0. The van der Waals surface area contributed by atoms with Crippen LogP contribution in [0.15, 0.2) is 55.1 Å². The molecule has 0 saturated heterocycles. The Morgan fingerprint density at radius 3 is 2.07 bits per heavy atom. The monoisotopic (exact) mass is 396 g/mol. The molecular weight excluding hydrogens is 372 g/mol. The Kier molecular flexibility index (Phi) is 8.02. The number of Topliss-reactive ketones (excluding diaryl/α,β-unsaturated/α-hetero) is 1. The van der Waals surface area contributed by atoms with Crippen LogP contribution in [-0.4, -0.2) is 30.4 Å². The van der Waals surface area contributed by atoms with Crippen LogP contribution in [-0.2, 0) is 4.79 Å². The maximum atomic E-state index is 12.1. The molecule has 2 aromatic carbocycles. The zero-order valence-corrected chi connectivity index (χ0v) is 16.9. The summed E-state index contributed by atoms with van der Waals surface area (Å²) in [5.74, 6) is -0.363. The van der Waals surface area contributed by atoms with E-state index in [1.165, 1.54) is 6.92 Å². The van der Waals surface area contributed by atoms with Crippen molar-refractivity contribution in [3.05, 3.63) is 71.8 Å². The van der Waals surface area contributed by atoms with Crippen molar-refractivity contribution in [2.24, 2.45) is 0 Å². The largest absolute Gasteiger partial charge is 0.352 e. The molecule has 6 heteroatoms. The van der Waals surface area contributed by atoms with Gasteiger partial charge in [-0.05, 0) is 49.4 Å². The Hall–Kier alpha value is -2.86. The Morgan fingerprint density at radius 1 is 0.929 bits per heavy atom. The molecule has 2 N–H and O–H groups in total. The molecule has 146 valence electrons. The number of rotatable bonds is 9. The summed E-state index contributed by atoms with van der Waals surface area (Å²) >= 11 is 1.58. The van der Waals surface area contributed by atoms with Gasteiger partial charge >= 0.3 is 0 Å². The Bertz CT molecular complexity index is 858. The van der Waals surface area contributed by atoms with E-state index < -0.39 is 0 Å².